The predicted molar refractivity (Wildman–Crippen MR) is 62.3 cm³/mol. The predicted octanol–water partition coefficient (Wildman–Crippen LogP) is 2.59. The molecule has 1 unspecified atom stereocenters. The number of hydrogen-bond donors (Lipinski definition) is 1. The first kappa shape index (κ1) is 12.6. The van der Waals surface area contributed by atoms with Gasteiger partial charge in [0.05, 0.1) is 16.4 Å². The quantitative estimate of drug-likeness (QED) is 0.899. The fourth-order valence-corrected chi connectivity index (χ4v) is 2.41. The molecule has 1 heterocycles. The van der Waals surface area contributed by atoms with Gasteiger partial charge in [-0.2, -0.15) is 5.10 Å². The van der Waals surface area contributed by atoms with Crippen LogP contribution in [0.1, 0.15) is 32.4 Å². The van der Waals surface area contributed by atoms with Gasteiger partial charge in [-0.05, 0) is 29.3 Å². The van der Waals surface area contributed by atoms with Crippen LogP contribution in [0.15, 0.2) is 10.7 Å². The highest BCUT2D eigenvalue weighted by molar-refractivity contribution is 9.10. The monoisotopic (exact) mass is 277 g/mol. The molecule has 5 heteroatoms. The Morgan fingerprint density at radius 3 is 2.73 bits per heavy atom. The van der Waals surface area contributed by atoms with E-state index in [1.165, 1.54) is 0 Å². The van der Waals surface area contributed by atoms with Crippen LogP contribution in [0.2, 0.25) is 0 Å². The number of halogens is 2. The molecule has 1 atom stereocenters. The highest BCUT2D eigenvalue weighted by Gasteiger charge is 2.35. The van der Waals surface area contributed by atoms with Crippen molar-refractivity contribution in [2.75, 3.05) is 6.54 Å². The third-order valence-corrected chi connectivity index (χ3v) is 3.07. The third-order valence-electron chi connectivity index (χ3n) is 2.49. The molecule has 0 aliphatic rings. The van der Waals surface area contributed by atoms with Gasteiger partial charge in [0.15, 0.2) is 5.67 Å². The van der Waals surface area contributed by atoms with Crippen molar-refractivity contribution in [3.63, 3.8) is 0 Å². The fourth-order valence-electron chi connectivity index (χ4n) is 1.76. The molecule has 1 aromatic rings. The zero-order chi connectivity index (χ0) is 11.5. The van der Waals surface area contributed by atoms with Crippen molar-refractivity contribution >= 4 is 15.9 Å². The fraction of sp³-hybridized carbons (Fsp3) is 0.700. The van der Waals surface area contributed by atoms with E-state index in [0.29, 0.717) is 23.1 Å². The summed E-state index contributed by atoms with van der Waals surface area (Å²) in [7, 11) is 0. The molecule has 0 saturated carbocycles. The van der Waals surface area contributed by atoms with E-state index >= 15 is 0 Å². The van der Waals surface area contributed by atoms with Crippen LogP contribution in [0, 0.1) is 0 Å². The van der Waals surface area contributed by atoms with Gasteiger partial charge in [-0.25, -0.2) is 4.39 Å². The summed E-state index contributed by atoms with van der Waals surface area (Å²) in [6.07, 6.45) is 2.81. The van der Waals surface area contributed by atoms with Crippen molar-refractivity contribution in [3.05, 3.63) is 16.4 Å². The van der Waals surface area contributed by atoms with Gasteiger partial charge in [-0.3, -0.25) is 4.68 Å². The lowest BCUT2D eigenvalue weighted by atomic mass is 9.96. The highest BCUT2D eigenvalue weighted by atomic mass is 79.9. The summed E-state index contributed by atoms with van der Waals surface area (Å²) in [5.74, 6) is 0. The molecule has 0 fully saturated rings. The smallest absolute Gasteiger partial charge is 0.165 e. The summed E-state index contributed by atoms with van der Waals surface area (Å²) >= 11 is 3.33. The van der Waals surface area contributed by atoms with Crippen molar-refractivity contribution in [1.29, 1.82) is 0 Å². The van der Waals surface area contributed by atoms with Gasteiger partial charge in [0.2, 0.25) is 0 Å². The van der Waals surface area contributed by atoms with Gasteiger partial charge < -0.3 is 5.73 Å². The van der Waals surface area contributed by atoms with E-state index < -0.39 is 5.67 Å². The Balaban J connectivity index is 3.15. The molecule has 0 aliphatic heterocycles. The van der Waals surface area contributed by atoms with Crippen molar-refractivity contribution in [2.24, 2.45) is 5.73 Å². The van der Waals surface area contributed by atoms with E-state index in [9.17, 15) is 4.39 Å². The summed E-state index contributed by atoms with van der Waals surface area (Å²) in [5.41, 5.74) is 4.63. The minimum atomic E-state index is -1.47. The lowest BCUT2D eigenvalue weighted by molar-refractivity contribution is 0.144. The van der Waals surface area contributed by atoms with Crippen LogP contribution in [0.4, 0.5) is 4.39 Å². The Morgan fingerprint density at radius 2 is 2.27 bits per heavy atom. The second kappa shape index (κ2) is 5.07. The summed E-state index contributed by atoms with van der Waals surface area (Å²) < 4.78 is 16.9. The maximum absolute atomic E-state index is 14.6. The summed E-state index contributed by atoms with van der Waals surface area (Å²) in [6.45, 7) is 4.53. The lowest BCUT2D eigenvalue weighted by Crippen LogP contribution is -2.33. The van der Waals surface area contributed by atoms with Gasteiger partial charge in [-0.15, -0.1) is 0 Å². The van der Waals surface area contributed by atoms with Crippen LogP contribution in [0.5, 0.6) is 0 Å². The van der Waals surface area contributed by atoms with E-state index in [1.54, 1.807) is 10.9 Å². The highest BCUT2D eigenvalue weighted by Crippen LogP contribution is 2.35. The number of nitrogens with two attached hydrogens (primary N) is 1. The van der Waals surface area contributed by atoms with Gasteiger partial charge in [0, 0.05) is 13.1 Å². The molecule has 86 valence electrons. The van der Waals surface area contributed by atoms with Crippen molar-refractivity contribution in [2.45, 2.75) is 38.9 Å². The number of alkyl halides is 1. The van der Waals surface area contributed by atoms with E-state index in [2.05, 4.69) is 21.0 Å². The molecule has 0 bridgehead atoms. The van der Waals surface area contributed by atoms with Crippen LogP contribution >= 0.6 is 15.9 Å². The van der Waals surface area contributed by atoms with E-state index in [4.69, 9.17) is 5.73 Å². The lowest BCUT2D eigenvalue weighted by Gasteiger charge is -2.24. The third kappa shape index (κ3) is 2.39. The maximum atomic E-state index is 14.6. The standard InChI is InChI=1S/C10H17BrFN3/c1-3-5-10(12,7-13)9-8(11)6-14-15(9)4-2/h6H,3-5,7,13H2,1-2H3. The molecule has 0 aromatic carbocycles. The maximum Gasteiger partial charge on any atom is 0.165 e. The first-order valence-corrected chi connectivity index (χ1v) is 5.99. The molecule has 3 nitrogen and oxygen atoms in total. The first-order chi connectivity index (χ1) is 7.09. The van der Waals surface area contributed by atoms with Gasteiger partial charge >= 0.3 is 0 Å². The Kier molecular flexibility index (Phi) is 4.28. The topological polar surface area (TPSA) is 43.8 Å². The number of hydrogen-bond acceptors (Lipinski definition) is 2. The molecule has 0 saturated heterocycles. The zero-order valence-electron chi connectivity index (χ0n) is 9.13. The summed E-state index contributed by atoms with van der Waals surface area (Å²) in [4.78, 5) is 0. The largest absolute Gasteiger partial charge is 0.327 e. The van der Waals surface area contributed by atoms with Crippen molar-refractivity contribution in [3.8, 4) is 0 Å². The average Bonchev–Trinajstić information content (AvgIpc) is 2.60. The Labute approximate surface area is 98.0 Å². The minimum Gasteiger partial charge on any atom is -0.327 e. The Bertz CT molecular complexity index is 326. The minimum absolute atomic E-state index is 0.00880. The van der Waals surface area contributed by atoms with Crippen LogP contribution < -0.4 is 5.73 Å². The molecule has 0 amide bonds. The molecule has 1 rings (SSSR count). The van der Waals surface area contributed by atoms with E-state index in [0.717, 1.165) is 6.42 Å². The Hall–Kier alpha value is -0.420. The van der Waals surface area contributed by atoms with Crippen LogP contribution in [0.25, 0.3) is 0 Å². The second-order valence-electron chi connectivity index (χ2n) is 3.58. The number of aromatic nitrogens is 2. The Morgan fingerprint density at radius 1 is 1.60 bits per heavy atom. The van der Waals surface area contributed by atoms with Crippen molar-refractivity contribution < 1.29 is 4.39 Å². The summed E-state index contributed by atoms with van der Waals surface area (Å²) in [5, 5.41) is 4.10. The van der Waals surface area contributed by atoms with Crippen LogP contribution in [-0.2, 0) is 12.2 Å². The first-order valence-electron chi connectivity index (χ1n) is 5.19. The van der Waals surface area contributed by atoms with Crippen LogP contribution in [-0.4, -0.2) is 16.3 Å². The number of aryl methyl sites for hydroxylation is 1. The zero-order valence-corrected chi connectivity index (χ0v) is 10.7. The van der Waals surface area contributed by atoms with Crippen LogP contribution in [0.3, 0.4) is 0 Å². The molecule has 0 aliphatic carbocycles. The van der Waals surface area contributed by atoms with Gasteiger partial charge in [0.1, 0.15) is 0 Å². The summed E-state index contributed by atoms with van der Waals surface area (Å²) in [6, 6.07) is 0. The molecule has 0 spiro atoms. The molecular formula is C10H17BrFN3. The second-order valence-corrected chi connectivity index (χ2v) is 4.43. The molecule has 0 radical (unpaired) electrons. The molecular weight excluding hydrogens is 261 g/mol. The normalized spacial score (nSPS) is 15.3. The molecule has 1 aromatic heterocycles. The SMILES string of the molecule is CCCC(F)(CN)c1c(Br)cnn1CC. The van der Waals surface area contributed by atoms with Gasteiger partial charge in [0.25, 0.3) is 0 Å². The van der Waals surface area contributed by atoms with Crippen molar-refractivity contribution in [1.82, 2.24) is 9.78 Å². The van der Waals surface area contributed by atoms with Gasteiger partial charge in [-0.1, -0.05) is 13.3 Å². The number of nitrogens with zero attached hydrogens (tertiary/aromatic N) is 2. The number of rotatable bonds is 5. The molecule has 2 N–H and O–H groups in total. The molecule has 15 heavy (non-hydrogen) atoms. The average molecular weight is 278 g/mol. The van der Waals surface area contributed by atoms with E-state index in [1.807, 2.05) is 13.8 Å². The van der Waals surface area contributed by atoms with E-state index in [-0.39, 0.29) is 6.54 Å².